The SMILES string of the molecule is Cc1ccc(Br)cc1NC(=O)CCNC(=O)c1c[nH]c2ccc([N+](=O)[O-])cc12. The van der Waals surface area contributed by atoms with Crippen molar-refractivity contribution in [3.05, 3.63) is 68.3 Å². The highest BCUT2D eigenvalue weighted by atomic mass is 79.9. The maximum Gasteiger partial charge on any atom is 0.270 e. The number of nitro benzene ring substituents is 1. The van der Waals surface area contributed by atoms with Crippen LogP contribution in [0, 0.1) is 17.0 Å². The predicted molar refractivity (Wildman–Crippen MR) is 109 cm³/mol. The first-order valence-electron chi connectivity index (χ1n) is 8.45. The number of aryl methyl sites for hydroxylation is 1. The molecule has 9 heteroatoms. The first-order chi connectivity index (χ1) is 13.3. The fraction of sp³-hybridized carbons (Fsp3) is 0.158. The lowest BCUT2D eigenvalue weighted by molar-refractivity contribution is -0.384. The van der Waals surface area contributed by atoms with Crippen LogP contribution in [0.4, 0.5) is 11.4 Å². The van der Waals surface area contributed by atoms with E-state index < -0.39 is 10.8 Å². The molecule has 0 spiro atoms. The molecule has 0 atom stereocenters. The number of amides is 2. The molecule has 0 fully saturated rings. The van der Waals surface area contributed by atoms with Crippen LogP contribution in [0.3, 0.4) is 0 Å². The van der Waals surface area contributed by atoms with Crippen molar-refractivity contribution in [1.29, 1.82) is 0 Å². The van der Waals surface area contributed by atoms with Crippen molar-refractivity contribution in [1.82, 2.24) is 10.3 Å². The Balaban J connectivity index is 1.60. The van der Waals surface area contributed by atoms with E-state index >= 15 is 0 Å². The summed E-state index contributed by atoms with van der Waals surface area (Å²) in [6.45, 7) is 2.03. The van der Waals surface area contributed by atoms with Crippen molar-refractivity contribution in [2.45, 2.75) is 13.3 Å². The molecule has 0 bridgehead atoms. The van der Waals surface area contributed by atoms with E-state index in [4.69, 9.17) is 0 Å². The number of aromatic amines is 1. The van der Waals surface area contributed by atoms with Crippen LogP contribution >= 0.6 is 15.9 Å². The highest BCUT2D eigenvalue weighted by molar-refractivity contribution is 9.10. The standard InChI is InChI=1S/C19H17BrN4O4/c1-11-2-3-12(20)8-17(11)23-18(25)6-7-21-19(26)15-10-22-16-5-4-13(24(27)28)9-14(15)16/h2-5,8-10,22H,6-7H2,1H3,(H,21,26)(H,23,25). The molecule has 0 unspecified atom stereocenters. The largest absolute Gasteiger partial charge is 0.360 e. The summed E-state index contributed by atoms with van der Waals surface area (Å²) in [5, 5.41) is 16.9. The molecule has 144 valence electrons. The second-order valence-electron chi connectivity index (χ2n) is 6.20. The number of hydrogen-bond acceptors (Lipinski definition) is 4. The molecule has 2 amide bonds. The van der Waals surface area contributed by atoms with Gasteiger partial charge in [-0.1, -0.05) is 22.0 Å². The number of nitro groups is 1. The molecule has 0 radical (unpaired) electrons. The van der Waals surface area contributed by atoms with Gasteiger partial charge in [-0.15, -0.1) is 0 Å². The lowest BCUT2D eigenvalue weighted by atomic mass is 10.1. The Kier molecular flexibility index (Phi) is 5.74. The van der Waals surface area contributed by atoms with Gasteiger partial charge in [0, 0.05) is 52.4 Å². The van der Waals surface area contributed by atoms with Gasteiger partial charge in [-0.3, -0.25) is 19.7 Å². The molecule has 0 aliphatic rings. The molecular formula is C19H17BrN4O4. The second kappa shape index (κ2) is 8.22. The zero-order valence-corrected chi connectivity index (χ0v) is 16.5. The topological polar surface area (TPSA) is 117 Å². The molecule has 1 heterocycles. The number of aromatic nitrogens is 1. The molecule has 3 rings (SSSR count). The van der Waals surface area contributed by atoms with Gasteiger partial charge in [0.1, 0.15) is 0 Å². The summed E-state index contributed by atoms with van der Waals surface area (Å²) in [5.41, 5.74) is 2.46. The van der Waals surface area contributed by atoms with Crippen molar-refractivity contribution in [2.75, 3.05) is 11.9 Å². The van der Waals surface area contributed by atoms with Crippen molar-refractivity contribution in [2.24, 2.45) is 0 Å². The van der Waals surface area contributed by atoms with E-state index in [-0.39, 0.29) is 24.6 Å². The Labute approximate surface area is 168 Å². The van der Waals surface area contributed by atoms with Crippen LogP contribution in [0.5, 0.6) is 0 Å². The summed E-state index contributed by atoms with van der Waals surface area (Å²) in [5.74, 6) is -0.630. The molecule has 0 aliphatic heterocycles. The number of halogens is 1. The Morgan fingerprint density at radius 2 is 2.00 bits per heavy atom. The average molecular weight is 445 g/mol. The summed E-state index contributed by atoms with van der Waals surface area (Å²) in [6, 6.07) is 9.86. The molecule has 3 N–H and O–H groups in total. The second-order valence-corrected chi connectivity index (χ2v) is 7.12. The number of nitrogens with one attached hydrogen (secondary N) is 3. The summed E-state index contributed by atoms with van der Waals surface area (Å²) < 4.78 is 0.857. The Morgan fingerprint density at radius 1 is 1.21 bits per heavy atom. The molecule has 8 nitrogen and oxygen atoms in total. The van der Waals surface area contributed by atoms with Gasteiger partial charge in [0.15, 0.2) is 0 Å². The predicted octanol–water partition coefficient (Wildman–Crippen LogP) is 3.91. The van der Waals surface area contributed by atoms with E-state index in [1.807, 2.05) is 25.1 Å². The van der Waals surface area contributed by atoms with E-state index in [0.29, 0.717) is 22.2 Å². The van der Waals surface area contributed by atoms with Gasteiger partial charge < -0.3 is 15.6 Å². The maximum absolute atomic E-state index is 12.4. The van der Waals surface area contributed by atoms with Gasteiger partial charge in [-0.05, 0) is 30.7 Å². The summed E-state index contributed by atoms with van der Waals surface area (Å²) in [7, 11) is 0. The molecule has 28 heavy (non-hydrogen) atoms. The van der Waals surface area contributed by atoms with Crippen molar-refractivity contribution in [3.63, 3.8) is 0 Å². The number of nitrogens with zero attached hydrogens (tertiary/aromatic N) is 1. The van der Waals surface area contributed by atoms with E-state index in [2.05, 4.69) is 31.5 Å². The number of carbonyl (C=O) groups excluding carboxylic acids is 2. The van der Waals surface area contributed by atoms with Gasteiger partial charge in [0.2, 0.25) is 5.91 Å². The van der Waals surface area contributed by atoms with E-state index in [1.165, 1.54) is 18.3 Å². The average Bonchev–Trinajstić information content (AvgIpc) is 3.08. The minimum absolute atomic E-state index is 0.0927. The fourth-order valence-corrected chi connectivity index (χ4v) is 3.10. The molecule has 1 aromatic heterocycles. The van der Waals surface area contributed by atoms with Gasteiger partial charge in [-0.2, -0.15) is 0 Å². The third-order valence-electron chi connectivity index (χ3n) is 4.23. The number of fused-ring (bicyclic) bond motifs is 1. The van der Waals surface area contributed by atoms with Crippen LogP contribution < -0.4 is 10.6 Å². The number of non-ortho nitro benzene ring substituents is 1. The van der Waals surface area contributed by atoms with Gasteiger partial charge >= 0.3 is 0 Å². The quantitative estimate of drug-likeness (QED) is 0.394. The highest BCUT2D eigenvalue weighted by Gasteiger charge is 2.15. The number of benzene rings is 2. The van der Waals surface area contributed by atoms with E-state index in [9.17, 15) is 19.7 Å². The molecular weight excluding hydrogens is 428 g/mol. The van der Waals surface area contributed by atoms with Crippen LogP contribution in [-0.2, 0) is 4.79 Å². The first-order valence-corrected chi connectivity index (χ1v) is 9.24. The van der Waals surface area contributed by atoms with Gasteiger partial charge in [0.05, 0.1) is 10.5 Å². The Bertz CT molecular complexity index is 1080. The van der Waals surface area contributed by atoms with Gasteiger partial charge in [0.25, 0.3) is 11.6 Å². The number of rotatable bonds is 6. The number of hydrogen-bond donors (Lipinski definition) is 3. The first kappa shape index (κ1) is 19.6. The molecule has 0 saturated heterocycles. The molecule has 0 aliphatic carbocycles. The molecule has 2 aromatic carbocycles. The maximum atomic E-state index is 12.4. The minimum Gasteiger partial charge on any atom is -0.360 e. The third kappa shape index (κ3) is 4.37. The van der Waals surface area contributed by atoms with Crippen LogP contribution in [-0.4, -0.2) is 28.3 Å². The van der Waals surface area contributed by atoms with Crippen LogP contribution in [0.2, 0.25) is 0 Å². The van der Waals surface area contributed by atoms with Crippen molar-refractivity contribution >= 4 is 50.0 Å². The monoisotopic (exact) mass is 444 g/mol. The number of carbonyl (C=O) groups is 2. The summed E-state index contributed by atoms with van der Waals surface area (Å²) >= 11 is 3.36. The van der Waals surface area contributed by atoms with Crippen LogP contribution in [0.15, 0.2) is 47.1 Å². The zero-order valence-electron chi connectivity index (χ0n) is 14.9. The Hall–Kier alpha value is -3.20. The minimum atomic E-state index is -0.512. The lowest BCUT2D eigenvalue weighted by Crippen LogP contribution is -2.27. The fourth-order valence-electron chi connectivity index (χ4n) is 2.74. The number of anilines is 1. The molecule has 0 saturated carbocycles. The lowest BCUT2D eigenvalue weighted by Gasteiger charge is -2.09. The van der Waals surface area contributed by atoms with Crippen molar-refractivity contribution in [3.8, 4) is 0 Å². The van der Waals surface area contributed by atoms with Crippen molar-refractivity contribution < 1.29 is 14.5 Å². The third-order valence-corrected chi connectivity index (χ3v) is 4.73. The van der Waals surface area contributed by atoms with Gasteiger partial charge in [-0.25, -0.2) is 0 Å². The molecule has 3 aromatic rings. The van der Waals surface area contributed by atoms with Crippen LogP contribution in [0.25, 0.3) is 10.9 Å². The zero-order chi connectivity index (χ0) is 20.3. The van der Waals surface area contributed by atoms with E-state index in [1.54, 1.807) is 6.07 Å². The van der Waals surface area contributed by atoms with Crippen LogP contribution in [0.1, 0.15) is 22.3 Å². The summed E-state index contributed by atoms with van der Waals surface area (Å²) in [4.78, 5) is 37.9. The van der Waals surface area contributed by atoms with E-state index in [0.717, 1.165) is 10.0 Å². The summed E-state index contributed by atoms with van der Waals surface area (Å²) in [6.07, 6.45) is 1.59. The normalized spacial score (nSPS) is 10.6. The number of H-pyrrole nitrogens is 1. The smallest absolute Gasteiger partial charge is 0.270 e. The highest BCUT2D eigenvalue weighted by Crippen LogP contribution is 2.24. The Morgan fingerprint density at radius 3 is 2.75 bits per heavy atom.